The molecule has 0 aliphatic carbocycles. The Kier molecular flexibility index (Phi) is 2.55. The molecule has 0 bridgehead atoms. The second-order valence-corrected chi connectivity index (χ2v) is 4.38. The number of Topliss-reactive ketones (excluding diaryl/α,β-unsaturated/α-hetero) is 1. The molecule has 0 fully saturated rings. The predicted molar refractivity (Wildman–Crippen MR) is 51.6 cm³/mol. The third kappa shape index (κ3) is 2.68. The van der Waals surface area contributed by atoms with Crippen LogP contribution in [0.15, 0.2) is 12.4 Å². The Morgan fingerprint density at radius 3 is 2.54 bits per heavy atom. The maximum Gasteiger partial charge on any atom is 0.151 e. The van der Waals surface area contributed by atoms with Gasteiger partial charge in [-0.05, 0) is 17.9 Å². The minimum Gasteiger partial charge on any atom is -0.298 e. The minimum atomic E-state index is 0.106. The zero-order valence-electron chi connectivity index (χ0n) is 8.66. The molecular formula is C10H16N2O. The first-order valence-electron chi connectivity index (χ1n) is 4.42. The highest BCUT2D eigenvalue weighted by Gasteiger charge is 2.15. The van der Waals surface area contributed by atoms with Gasteiger partial charge in [-0.2, -0.15) is 5.10 Å². The molecule has 0 N–H and O–H groups in total. The zero-order chi connectivity index (χ0) is 10.1. The zero-order valence-corrected chi connectivity index (χ0v) is 8.66. The molecule has 0 saturated heterocycles. The molecule has 0 radical (unpaired) electrons. The summed E-state index contributed by atoms with van der Waals surface area (Å²) in [5.41, 5.74) is 1.27. The highest BCUT2D eigenvalue weighted by molar-refractivity contribution is 5.75. The lowest BCUT2D eigenvalue weighted by molar-refractivity contribution is -0.117. The van der Waals surface area contributed by atoms with E-state index in [1.54, 1.807) is 11.6 Å². The van der Waals surface area contributed by atoms with E-state index in [1.165, 1.54) is 0 Å². The van der Waals surface area contributed by atoms with Crippen molar-refractivity contribution >= 4 is 5.78 Å². The highest BCUT2D eigenvalue weighted by Crippen LogP contribution is 2.20. The summed E-state index contributed by atoms with van der Waals surface area (Å²) in [6, 6.07) is 0. The molecule has 0 atom stereocenters. The van der Waals surface area contributed by atoms with Crippen LogP contribution in [0, 0.1) is 0 Å². The number of aromatic nitrogens is 2. The Labute approximate surface area is 78.8 Å². The second kappa shape index (κ2) is 3.32. The molecule has 0 aliphatic heterocycles. The van der Waals surface area contributed by atoms with Gasteiger partial charge in [-0.15, -0.1) is 0 Å². The maximum absolute atomic E-state index is 10.8. The summed E-state index contributed by atoms with van der Waals surface area (Å²) in [6.45, 7) is 8.32. The van der Waals surface area contributed by atoms with Crippen LogP contribution in [0.3, 0.4) is 0 Å². The fourth-order valence-electron chi connectivity index (χ4n) is 1.07. The standard InChI is InChI=1S/C10H16N2O/c1-8(13)6-12-7-9(5-11-12)10(2,3)4/h5,7H,6H2,1-4H3. The van der Waals surface area contributed by atoms with Crippen LogP contribution in [0.5, 0.6) is 0 Å². The van der Waals surface area contributed by atoms with Crippen LogP contribution >= 0.6 is 0 Å². The molecule has 1 aromatic rings. The largest absolute Gasteiger partial charge is 0.298 e. The van der Waals surface area contributed by atoms with E-state index in [-0.39, 0.29) is 11.2 Å². The van der Waals surface area contributed by atoms with E-state index in [0.717, 1.165) is 5.56 Å². The van der Waals surface area contributed by atoms with E-state index in [0.29, 0.717) is 6.54 Å². The normalized spacial score (nSPS) is 11.7. The van der Waals surface area contributed by atoms with Crippen molar-refractivity contribution in [2.45, 2.75) is 39.7 Å². The van der Waals surface area contributed by atoms with Crippen molar-refractivity contribution < 1.29 is 4.79 Å². The van der Waals surface area contributed by atoms with Crippen molar-refractivity contribution in [1.82, 2.24) is 9.78 Å². The number of nitrogens with zero attached hydrogens (tertiary/aromatic N) is 2. The molecule has 1 heterocycles. The highest BCUT2D eigenvalue weighted by atomic mass is 16.1. The van der Waals surface area contributed by atoms with Crippen molar-refractivity contribution in [3.8, 4) is 0 Å². The molecule has 0 saturated carbocycles. The third-order valence-corrected chi connectivity index (χ3v) is 1.88. The van der Waals surface area contributed by atoms with Crippen LogP contribution in [-0.2, 0) is 16.8 Å². The van der Waals surface area contributed by atoms with Crippen LogP contribution in [0.25, 0.3) is 0 Å². The van der Waals surface area contributed by atoms with Crippen LogP contribution in [0.1, 0.15) is 33.3 Å². The number of hydrogen-bond donors (Lipinski definition) is 0. The van der Waals surface area contributed by atoms with Gasteiger partial charge in [-0.3, -0.25) is 9.48 Å². The van der Waals surface area contributed by atoms with Crippen LogP contribution in [-0.4, -0.2) is 15.6 Å². The molecular weight excluding hydrogens is 164 g/mol. The van der Waals surface area contributed by atoms with Gasteiger partial charge in [0.05, 0.1) is 12.7 Å². The fourth-order valence-corrected chi connectivity index (χ4v) is 1.07. The number of rotatable bonds is 2. The van der Waals surface area contributed by atoms with E-state index >= 15 is 0 Å². The monoisotopic (exact) mass is 180 g/mol. The summed E-state index contributed by atoms with van der Waals surface area (Å²) in [6.07, 6.45) is 3.75. The molecule has 3 heteroatoms. The Morgan fingerprint density at radius 1 is 1.54 bits per heavy atom. The lowest BCUT2D eigenvalue weighted by Gasteiger charge is -2.14. The second-order valence-electron chi connectivity index (χ2n) is 4.38. The number of carbonyl (C=O) groups is 1. The van der Waals surface area contributed by atoms with Gasteiger partial charge in [0.25, 0.3) is 0 Å². The Morgan fingerprint density at radius 2 is 2.15 bits per heavy atom. The molecule has 1 aromatic heterocycles. The fraction of sp³-hybridized carbons (Fsp3) is 0.600. The van der Waals surface area contributed by atoms with E-state index in [2.05, 4.69) is 25.9 Å². The SMILES string of the molecule is CC(=O)Cn1cc(C(C)(C)C)cn1. The first kappa shape index (κ1) is 9.96. The van der Waals surface area contributed by atoms with Crippen LogP contribution < -0.4 is 0 Å². The summed E-state index contributed by atoms with van der Waals surface area (Å²) in [7, 11) is 0. The summed E-state index contributed by atoms with van der Waals surface area (Å²) in [5, 5.41) is 4.12. The van der Waals surface area contributed by atoms with Crippen molar-refractivity contribution in [3.63, 3.8) is 0 Å². The quantitative estimate of drug-likeness (QED) is 0.695. The lowest BCUT2D eigenvalue weighted by Crippen LogP contribution is -2.10. The molecule has 3 nitrogen and oxygen atoms in total. The summed E-state index contributed by atoms with van der Waals surface area (Å²) < 4.78 is 1.68. The molecule has 13 heavy (non-hydrogen) atoms. The number of ketones is 1. The lowest BCUT2D eigenvalue weighted by atomic mass is 9.90. The topological polar surface area (TPSA) is 34.9 Å². The van der Waals surface area contributed by atoms with E-state index < -0.39 is 0 Å². The van der Waals surface area contributed by atoms with Crippen molar-refractivity contribution in [2.24, 2.45) is 0 Å². The molecule has 0 aliphatic rings. The molecule has 1 rings (SSSR count). The van der Waals surface area contributed by atoms with Gasteiger partial charge in [0.1, 0.15) is 0 Å². The van der Waals surface area contributed by atoms with Gasteiger partial charge < -0.3 is 0 Å². The van der Waals surface area contributed by atoms with Gasteiger partial charge in [0.15, 0.2) is 5.78 Å². The molecule has 0 spiro atoms. The average Bonchev–Trinajstić information content (AvgIpc) is 2.32. The van der Waals surface area contributed by atoms with E-state index in [1.807, 2.05) is 12.4 Å². The predicted octanol–water partition coefficient (Wildman–Crippen LogP) is 1.77. The van der Waals surface area contributed by atoms with Crippen molar-refractivity contribution in [1.29, 1.82) is 0 Å². The van der Waals surface area contributed by atoms with Crippen molar-refractivity contribution in [3.05, 3.63) is 18.0 Å². The molecule has 72 valence electrons. The molecule has 0 aromatic carbocycles. The first-order valence-corrected chi connectivity index (χ1v) is 4.42. The minimum absolute atomic E-state index is 0.106. The third-order valence-electron chi connectivity index (χ3n) is 1.88. The van der Waals surface area contributed by atoms with Gasteiger partial charge in [-0.1, -0.05) is 20.8 Å². The van der Waals surface area contributed by atoms with E-state index in [4.69, 9.17) is 0 Å². The van der Waals surface area contributed by atoms with Crippen molar-refractivity contribution in [2.75, 3.05) is 0 Å². The Bertz CT molecular complexity index is 307. The smallest absolute Gasteiger partial charge is 0.151 e. The Hall–Kier alpha value is -1.12. The maximum atomic E-state index is 10.8. The first-order chi connectivity index (χ1) is 5.89. The number of carbonyl (C=O) groups excluding carboxylic acids is 1. The number of hydrogen-bond acceptors (Lipinski definition) is 2. The molecule has 0 unspecified atom stereocenters. The van der Waals surface area contributed by atoms with Gasteiger partial charge >= 0.3 is 0 Å². The summed E-state index contributed by atoms with van der Waals surface area (Å²) >= 11 is 0. The average molecular weight is 180 g/mol. The summed E-state index contributed by atoms with van der Waals surface area (Å²) in [4.78, 5) is 10.8. The van der Waals surface area contributed by atoms with Crippen LogP contribution in [0.4, 0.5) is 0 Å². The van der Waals surface area contributed by atoms with Gasteiger partial charge in [-0.25, -0.2) is 0 Å². The van der Waals surface area contributed by atoms with Gasteiger partial charge in [0, 0.05) is 6.20 Å². The van der Waals surface area contributed by atoms with Gasteiger partial charge in [0.2, 0.25) is 0 Å². The molecule has 0 amide bonds. The van der Waals surface area contributed by atoms with E-state index in [9.17, 15) is 4.79 Å². The van der Waals surface area contributed by atoms with Crippen LogP contribution in [0.2, 0.25) is 0 Å². The Balaban J connectivity index is 2.81. The summed E-state index contributed by atoms with van der Waals surface area (Å²) in [5.74, 6) is 0.128.